The van der Waals surface area contributed by atoms with Gasteiger partial charge < -0.3 is 14.5 Å². The van der Waals surface area contributed by atoms with Gasteiger partial charge in [0.2, 0.25) is 16.0 Å². The molecule has 1 fully saturated rings. The van der Waals surface area contributed by atoms with E-state index in [0.717, 1.165) is 36.3 Å². The number of nitrogens with zero attached hydrogens (tertiary/aromatic N) is 5. The summed E-state index contributed by atoms with van der Waals surface area (Å²) < 4.78 is 11.9. The number of rotatable bonds is 6. The number of hydrogen-bond acceptors (Lipinski definition) is 10. The molecule has 160 valence electrons. The number of carbonyl (C=O) groups is 1. The second-order valence-corrected chi connectivity index (χ2v) is 7.95. The molecule has 12 heteroatoms. The van der Waals surface area contributed by atoms with Gasteiger partial charge in [-0.1, -0.05) is 11.3 Å². The number of ether oxygens (including phenoxy) is 1. The highest BCUT2D eigenvalue weighted by atomic mass is 32.1. The van der Waals surface area contributed by atoms with Crippen LogP contribution in [-0.2, 0) is 0 Å². The Morgan fingerprint density at radius 2 is 2.26 bits per heavy atom. The van der Waals surface area contributed by atoms with Crippen molar-refractivity contribution in [2.24, 2.45) is 5.92 Å². The fourth-order valence-electron chi connectivity index (χ4n) is 3.46. The quantitative estimate of drug-likeness (QED) is 0.588. The summed E-state index contributed by atoms with van der Waals surface area (Å²) >= 11 is 1.12. The van der Waals surface area contributed by atoms with Crippen LogP contribution in [0.3, 0.4) is 0 Å². The van der Waals surface area contributed by atoms with Gasteiger partial charge in [0.15, 0.2) is 5.76 Å². The van der Waals surface area contributed by atoms with Gasteiger partial charge in [-0.3, -0.25) is 10.1 Å². The third-order valence-electron chi connectivity index (χ3n) is 5.01. The van der Waals surface area contributed by atoms with E-state index in [1.807, 2.05) is 13.0 Å². The molecule has 0 aromatic carbocycles. The Bertz CT molecular complexity index is 1210. The van der Waals surface area contributed by atoms with Crippen molar-refractivity contribution in [2.45, 2.75) is 32.2 Å². The monoisotopic (exact) mass is 441 g/mol. The first kappa shape index (κ1) is 20.5. The molecule has 2 atom stereocenters. The molecule has 3 aromatic rings. The van der Waals surface area contributed by atoms with E-state index >= 15 is 0 Å². The number of carbonyl (C=O) groups excluding carboxylic acids is 1. The topological polar surface area (TPSA) is 148 Å². The molecule has 0 unspecified atom stereocenters. The Kier molecular flexibility index (Phi) is 5.68. The number of aryl methyl sites for hydroxylation is 1. The van der Waals surface area contributed by atoms with Crippen molar-refractivity contribution in [3.8, 4) is 17.0 Å². The Morgan fingerprint density at radius 1 is 1.42 bits per heavy atom. The fraction of sp³-hybridized carbons (Fsp3) is 0.368. The molecular formula is C19H19N7O4S. The van der Waals surface area contributed by atoms with Crippen molar-refractivity contribution in [3.05, 3.63) is 40.2 Å². The lowest BCUT2D eigenvalue weighted by molar-refractivity contribution is 0.0991. The Morgan fingerprint density at radius 3 is 2.97 bits per heavy atom. The molecule has 3 heterocycles. The smallest absolute Gasteiger partial charge is 0.381 e. The van der Waals surface area contributed by atoms with Crippen LogP contribution in [0, 0.1) is 24.2 Å². The van der Waals surface area contributed by atoms with Crippen LogP contribution in [0.4, 0.5) is 10.8 Å². The van der Waals surface area contributed by atoms with E-state index in [1.165, 1.54) is 13.2 Å². The van der Waals surface area contributed by atoms with Crippen molar-refractivity contribution in [1.82, 2.24) is 20.0 Å². The molecule has 1 aliphatic rings. The first-order chi connectivity index (χ1) is 15.0. The van der Waals surface area contributed by atoms with Crippen molar-refractivity contribution in [1.29, 1.82) is 5.26 Å². The summed E-state index contributed by atoms with van der Waals surface area (Å²) in [4.78, 5) is 25.0. The third kappa shape index (κ3) is 4.13. The lowest BCUT2D eigenvalue weighted by atomic mass is 10.1. The van der Waals surface area contributed by atoms with Gasteiger partial charge in [0.25, 0.3) is 5.91 Å². The molecule has 4 rings (SSSR count). The molecular weight excluding hydrogens is 422 g/mol. The van der Waals surface area contributed by atoms with Crippen LogP contribution < -0.4 is 21.0 Å². The van der Waals surface area contributed by atoms with Gasteiger partial charge in [0.1, 0.15) is 0 Å². The second kappa shape index (κ2) is 8.57. The number of anilines is 2. The van der Waals surface area contributed by atoms with E-state index < -0.39 is 11.5 Å². The molecule has 1 saturated carbocycles. The van der Waals surface area contributed by atoms with E-state index in [1.54, 1.807) is 10.9 Å². The maximum atomic E-state index is 12.7. The molecule has 0 saturated heterocycles. The average molecular weight is 441 g/mol. The number of aromatic nitrogens is 4. The lowest BCUT2D eigenvalue weighted by Crippen LogP contribution is -2.25. The van der Waals surface area contributed by atoms with Crippen molar-refractivity contribution < 1.29 is 13.9 Å². The van der Waals surface area contributed by atoms with E-state index in [2.05, 4.69) is 32.0 Å². The summed E-state index contributed by atoms with van der Waals surface area (Å²) in [5.74, 6) is -1.11. The van der Waals surface area contributed by atoms with Crippen molar-refractivity contribution in [3.63, 3.8) is 0 Å². The predicted octanol–water partition coefficient (Wildman–Crippen LogP) is 2.35. The maximum Gasteiger partial charge on any atom is 0.381 e. The number of methoxy groups -OCH3 is 1. The molecule has 0 spiro atoms. The molecule has 2 N–H and O–H groups in total. The average Bonchev–Trinajstić information content (AvgIpc) is 3.49. The highest BCUT2D eigenvalue weighted by Crippen LogP contribution is 2.31. The summed E-state index contributed by atoms with van der Waals surface area (Å²) in [7, 11) is 1.34. The van der Waals surface area contributed by atoms with Crippen LogP contribution >= 0.6 is 11.3 Å². The Balaban J connectivity index is 1.56. The van der Waals surface area contributed by atoms with E-state index in [9.17, 15) is 14.9 Å². The number of hydrogen-bond donors (Lipinski definition) is 2. The van der Waals surface area contributed by atoms with Gasteiger partial charge >= 0.3 is 5.63 Å². The highest BCUT2D eigenvalue weighted by Gasteiger charge is 2.29. The van der Waals surface area contributed by atoms with E-state index in [-0.39, 0.29) is 28.6 Å². The molecule has 3 aromatic heterocycles. The number of nitriles is 1. The van der Waals surface area contributed by atoms with Crippen molar-refractivity contribution >= 4 is 28.1 Å². The summed E-state index contributed by atoms with van der Waals surface area (Å²) in [6, 6.07) is 5.34. The van der Waals surface area contributed by atoms with Gasteiger partial charge in [-0.2, -0.15) is 10.4 Å². The van der Waals surface area contributed by atoms with Crippen LogP contribution in [0.25, 0.3) is 5.13 Å². The minimum Gasteiger partial charge on any atom is -0.488 e. The zero-order valence-electron chi connectivity index (χ0n) is 16.8. The summed E-state index contributed by atoms with van der Waals surface area (Å²) in [6.45, 7) is 1.87. The van der Waals surface area contributed by atoms with E-state index in [4.69, 9.17) is 9.15 Å². The minimum absolute atomic E-state index is 0.0486. The summed E-state index contributed by atoms with van der Waals surface area (Å²) in [5, 5.41) is 27.9. The SMILES string of the molecule is COc1c(N[C@@H]2CCC[C@@H]2C#N)cc(C(=O)Nc2nnc(-n3nccc3C)s2)oc1=O. The normalized spacial score (nSPS) is 17.8. The van der Waals surface area contributed by atoms with Gasteiger partial charge in [-0.05, 0) is 32.3 Å². The first-order valence-electron chi connectivity index (χ1n) is 9.54. The summed E-state index contributed by atoms with van der Waals surface area (Å²) in [6.07, 6.45) is 4.10. The molecule has 0 radical (unpaired) electrons. The standard InChI is InChI=1S/C19H19N7O4S/c1-10-6-7-21-26(10)19-25-24-18(31-19)23-16(27)14-8-13(15(29-2)17(28)30-14)22-12-5-3-4-11(12)9-20/h6-8,11-12,22H,3-5H2,1-2H3,(H,23,24,27)/t11-,12-/m1/s1. The van der Waals surface area contributed by atoms with Gasteiger partial charge in [0.05, 0.1) is 24.8 Å². The number of amides is 1. The molecule has 0 aliphatic heterocycles. The van der Waals surface area contributed by atoms with Gasteiger partial charge in [0, 0.05) is 24.0 Å². The Labute approximate surface area is 180 Å². The molecule has 0 bridgehead atoms. The largest absolute Gasteiger partial charge is 0.488 e. The molecule has 1 amide bonds. The van der Waals surface area contributed by atoms with Crippen LogP contribution in [0.5, 0.6) is 5.75 Å². The van der Waals surface area contributed by atoms with Crippen LogP contribution in [0.1, 0.15) is 35.5 Å². The van der Waals surface area contributed by atoms with E-state index in [0.29, 0.717) is 10.8 Å². The van der Waals surface area contributed by atoms with Crippen LogP contribution in [-0.4, -0.2) is 39.0 Å². The second-order valence-electron chi connectivity index (χ2n) is 6.99. The maximum absolute atomic E-state index is 12.7. The van der Waals surface area contributed by atoms with Crippen LogP contribution in [0.15, 0.2) is 27.5 Å². The summed E-state index contributed by atoms with van der Waals surface area (Å²) in [5.41, 5.74) is 0.379. The lowest BCUT2D eigenvalue weighted by Gasteiger charge is -2.18. The zero-order valence-corrected chi connectivity index (χ0v) is 17.6. The highest BCUT2D eigenvalue weighted by molar-refractivity contribution is 7.17. The van der Waals surface area contributed by atoms with Gasteiger partial charge in [-0.25, -0.2) is 9.48 Å². The first-order valence-corrected chi connectivity index (χ1v) is 10.4. The third-order valence-corrected chi connectivity index (χ3v) is 5.82. The number of nitrogens with one attached hydrogen (secondary N) is 2. The molecule has 11 nitrogen and oxygen atoms in total. The fourth-order valence-corrected chi connectivity index (χ4v) is 4.22. The molecule has 1 aliphatic carbocycles. The molecule has 31 heavy (non-hydrogen) atoms. The zero-order chi connectivity index (χ0) is 22.0. The van der Waals surface area contributed by atoms with Gasteiger partial charge in [-0.15, -0.1) is 10.2 Å². The van der Waals surface area contributed by atoms with Crippen LogP contribution in [0.2, 0.25) is 0 Å². The minimum atomic E-state index is -0.797. The Hall–Kier alpha value is -3.72. The van der Waals surface area contributed by atoms with Crippen molar-refractivity contribution in [2.75, 3.05) is 17.7 Å². The predicted molar refractivity (Wildman–Crippen MR) is 112 cm³/mol.